The van der Waals surface area contributed by atoms with E-state index in [-0.39, 0.29) is 17.4 Å². The lowest BCUT2D eigenvalue weighted by Crippen LogP contribution is -2.40. The summed E-state index contributed by atoms with van der Waals surface area (Å²) in [5.74, 6) is -2.26. The average molecular weight is 379 g/mol. The van der Waals surface area contributed by atoms with Gasteiger partial charge in [-0.2, -0.15) is 5.26 Å². The molecule has 1 aromatic heterocycles. The smallest absolute Gasteiger partial charge is 0.334 e. The molecule has 9 nitrogen and oxygen atoms in total. The molecule has 2 fully saturated rings. The van der Waals surface area contributed by atoms with E-state index in [1.165, 1.54) is 0 Å². The minimum Gasteiger partial charge on any atom is -0.509 e. The highest BCUT2D eigenvalue weighted by Gasteiger charge is 2.48. The standard InChI is InChI=1S/C19H17N5O4/c20-9-12(16-21-13-7-3-4-8-14(13)22-16)15(25)10-23-17(26)18(27)24(19(23)28)11-5-1-2-6-11/h3-4,7-8,11,25H,1-2,5-6,10H2,(H,21,22). The van der Waals surface area contributed by atoms with E-state index in [2.05, 4.69) is 9.97 Å². The van der Waals surface area contributed by atoms with Crippen molar-refractivity contribution in [2.75, 3.05) is 6.54 Å². The van der Waals surface area contributed by atoms with Crippen molar-refractivity contribution in [3.05, 3.63) is 35.8 Å². The molecule has 0 bridgehead atoms. The van der Waals surface area contributed by atoms with Crippen LogP contribution in [0.4, 0.5) is 4.79 Å². The van der Waals surface area contributed by atoms with Gasteiger partial charge in [0.2, 0.25) is 0 Å². The maximum atomic E-state index is 12.6. The molecule has 0 atom stereocenters. The summed E-state index contributed by atoms with van der Waals surface area (Å²) in [5.41, 5.74) is 1.09. The summed E-state index contributed by atoms with van der Waals surface area (Å²) < 4.78 is 0. The molecule has 2 N–H and O–H groups in total. The Bertz CT molecular complexity index is 1020. The zero-order valence-corrected chi connectivity index (χ0v) is 14.9. The minimum absolute atomic E-state index is 0.124. The lowest BCUT2D eigenvalue weighted by Gasteiger charge is -2.21. The van der Waals surface area contributed by atoms with Crippen LogP contribution in [0.25, 0.3) is 16.6 Å². The van der Waals surface area contributed by atoms with Gasteiger partial charge >= 0.3 is 17.8 Å². The largest absolute Gasteiger partial charge is 0.509 e. The normalized spacial score (nSPS) is 18.9. The number of amides is 4. The number of nitriles is 1. The monoisotopic (exact) mass is 379 g/mol. The van der Waals surface area contributed by atoms with Crippen LogP contribution in [0.3, 0.4) is 0 Å². The fourth-order valence-electron chi connectivity index (χ4n) is 3.70. The van der Waals surface area contributed by atoms with Gasteiger partial charge in [0.15, 0.2) is 5.82 Å². The Hall–Kier alpha value is -3.67. The van der Waals surface area contributed by atoms with Gasteiger partial charge in [-0.1, -0.05) is 25.0 Å². The fraction of sp³-hybridized carbons (Fsp3) is 0.316. The summed E-state index contributed by atoms with van der Waals surface area (Å²) in [7, 11) is 0. The van der Waals surface area contributed by atoms with Gasteiger partial charge in [0.05, 0.1) is 17.6 Å². The number of carbonyl (C=O) groups excluding carboxylic acids is 3. The predicted octanol–water partition coefficient (Wildman–Crippen LogP) is 2.09. The van der Waals surface area contributed by atoms with E-state index in [1.807, 2.05) is 6.07 Å². The van der Waals surface area contributed by atoms with Crippen molar-refractivity contribution in [2.45, 2.75) is 31.7 Å². The summed E-state index contributed by atoms with van der Waals surface area (Å²) in [4.78, 5) is 46.0. The van der Waals surface area contributed by atoms with Crippen molar-refractivity contribution in [2.24, 2.45) is 0 Å². The van der Waals surface area contributed by atoms with E-state index in [4.69, 9.17) is 0 Å². The number of benzene rings is 1. The number of nitrogens with zero attached hydrogens (tertiary/aromatic N) is 4. The zero-order chi connectivity index (χ0) is 19.8. The van der Waals surface area contributed by atoms with Gasteiger partial charge in [0.1, 0.15) is 17.4 Å². The summed E-state index contributed by atoms with van der Waals surface area (Å²) in [6.07, 6.45) is 3.13. The lowest BCUT2D eigenvalue weighted by molar-refractivity contribution is -0.143. The Morgan fingerprint density at radius 2 is 1.93 bits per heavy atom. The number of aliphatic hydroxyl groups is 1. The van der Waals surface area contributed by atoms with E-state index < -0.39 is 30.1 Å². The number of hydrogen-bond donors (Lipinski definition) is 2. The molecule has 2 aromatic rings. The molecular weight excluding hydrogens is 362 g/mol. The molecule has 1 aliphatic heterocycles. The first-order valence-electron chi connectivity index (χ1n) is 8.97. The molecule has 1 saturated carbocycles. The number of hydrogen-bond acceptors (Lipinski definition) is 6. The molecule has 9 heteroatoms. The van der Waals surface area contributed by atoms with Gasteiger partial charge in [-0.15, -0.1) is 0 Å². The number of allylic oxidation sites excluding steroid dienone is 1. The zero-order valence-electron chi connectivity index (χ0n) is 14.9. The van der Waals surface area contributed by atoms with E-state index in [1.54, 1.807) is 24.3 Å². The Morgan fingerprint density at radius 1 is 1.21 bits per heavy atom. The number of imide groups is 2. The van der Waals surface area contributed by atoms with E-state index in [0.29, 0.717) is 28.8 Å². The number of imidazole rings is 1. The van der Waals surface area contributed by atoms with Crippen LogP contribution in [0.2, 0.25) is 0 Å². The lowest BCUT2D eigenvalue weighted by atomic mass is 10.2. The van der Waals surface area contributed by atoms with Crippen LogP contribution in [-0.2, 0) is 9.59 Å². The highest BCUT2D eigenvalue weighted by atomic mass is 16.3. The average Bonchev–Trinajstić information content (AvgIpc) is 3.39. The number of aliphatic hydroxyl groups excluding tert-OH is 1. The number of aromatic amines is 1. The summed E-state index contributed by atoms with van der Waals surface area (Å²) in [6.45, 7) is -0.563. The van der Waals surface area contributed by atoms with Crippen LogP contribution in [0.1, 0.15) is 31.5 Å². The molecule has 1 aliphatic carbocycles. The quantitative estimate of drug-likeness (QED) is 0.362. The second kappa shape index (κ2) is 6.81. The molecule has 142 valence electrons. The van der Waals surface area contributed by atoms with Gasteiger partial charge in [-0.3, -0.25) is 14.5 Å². The number of rotatable bonds is 4. The Kier molecular flexibility index (Phi) is 4.31. The van der Waals surface area contributed by atoms with Gasteiger partial charge in [-0.05, 0) is 25.0 Å². The fourth-order valence-corrected chi connectivity index (χ4v) is 3.70. The van der Waals surface area contributed by atoms with Crippen LogP contribution >= 0.6 is 0 Å². The topological polar surface area (TPSA) is 130 Å². The van der Waals surface area contributed by atoms with Gasteiger partial charge in [0.25, 0.3) is 0 Å². The van der Waals surface area contributed by atoms with E-state index in [9.17, 15) is 24.8 Å². The summed E-state index contributed by atoms with van der Waals surface area (Å²) >= 11 is 0. The number of H-pyrrole nitrogens is 1. The first-order chi connectivity index (χ1) is 13.5. The van der Waals surface area contributed by atoms with Crippen molar-refractivity contribution in [1.29, 1.82) is 5.26 Å². The number of nitrogens with one attached hydrogen (secondary N) is 1. The van der Waals surface area contributed by atoms with Crippen molar-refractivity contribution in [3.8, 4) is 6.07 Å². The van der Waals surface area contributed by atoms with Crippen LogP contribution in [-0.4, -0.2) is 55.3 Å². The molecule has 2 heterocycles. The third-order valence-corrected chi connectivity index (χ3v) is 5.11. The van der Waals surface area contributed by atoms with Crippen molar-refractivity contribution in [1.82, 2.24) is 19.8 Å². The first-order valence-corrected chi connectivity index (χ1v) is 8.97. The predicted molar refractivity (Wildman–Crippen MR) is 97.5 cm³/mol. The highest BCUT2D eigenvalue weighted by molar-refractivity contribution is 6.44. The highest BCUT2D eigenvalue weighted by Crippen LogP contribution is 2.28. The van der Waals surface area contributed by atoms with E-state index in [0.717, 1.165) is 17.7 Å². The van der Waals surface area contributed by atoms with Crippen LogP contribution in [0, 0.1) is 11.3 Å². The van der Waals surface area contributed by atoms with Crippen molar-refractivity contribution >= 4 is 34.5 Å². The molecule has 0 unspecified atom stereocenters. The molecule has 28 heavy (non-hydrogen) atoms. The summed E-state index contributed by atoms with van der Waals surface area (Å²) in [6, 6.07) is 7.90. The maximum absolute atomic E-state index is 12.6. The molecular formula is C19H17N5O4. The van der Waals surface area contributed by atoms with Gasteiger partial charge in [0, 0.05) is 6.04 Å². The third-order valence-electron chi connectivity index (χ3n) is 5.11. The van der Waals surface area contributed by atoms with Crippen LogP contribution < -0.4 is 0 Å². The van der Waals surface area contributed by atoms with Crippen molar-refractivity contribution < 1.29 is 19.5 Å². The molecule has 1 aromatic carbocycles. The van der Waals surface area contributed by atoms with Gasteiger partial charge < -0.3 is 10.1 Å². The number of carbonyl (C=O) groups is 3. The maximum Gasteiger partial charge on any atom is 0.334 e. The third kappa shape index (κ3) is 2.79. The van der Waals surface area contributed by atoms with Crippen molar-refractivity contribution in [3.63, 3.8) is 0 Å². The number of urea groups is 1. The number of aromatic nitrogens is 2. The minimum atomic E-state index is -0.995. The Balaban J connectivity index is 1.62. The first kappa shape index (κ1) is 17.7. The molecule has 4 amide bonds. The summed E-state index contributed by atoms with van der Waals surface area (Å²) in [5, 5.41) is 19.9. The van der Waals surface area contributed by atoms with E-state index >= 15 is 0 Å². The SMILES string of the molecule is N#CC(=C(O)CN1C(=O)C(=O)N(C2CCCC2)C1=O)c1nc2ccccc2[nH]1. The molecule has 2 aliphatic rings. The Labute approximate surface area is 159 Å². The molecule has 0 radical (unpaired) electrons. The molecule has 4 rings (SSSR count). The number of para-hydroxylation sites is 2. The molecule has 0 spiro atoms. The second-order valence-electron chi connectivity index (χ2n) is 6.82. The second-order valence-corrected chi connectivity index (χ2v) is 6.82. The van der Waals surface area contributed by atoms with Crippen LogP contribution in [0.5, 0.6) is 0 Å². The van der Waals surface area contributed by atoms with Gasteiger partial charge in [-0.25, -0.2) is 14.7 Å². The van der Waals surface area contributed by atoms with Crippen LogP contribution in [0.15, 0.2) is 30.0 Å². The Morgan fingerprint density at radius 3 is 2.61 bits per heavy atom. The molecule has 1 saturated heterocycles. The number of fused-ring (bicyclic) bond motifs is 1.